The van der Waals surface area contributed by atoms with E-state index >= 15 is 0 Å². The largest absolute Gasteiger partial charge is 0.356 e. The lowest BCUT2D eigenvalue weighted by Gasteiger charge is -2.30. The van der Waals surface area contributed by atoms with Crippen LogP contribution in [0.3, 0.4) is 0 Å². The molecule has 3 rings (SSSR count). The van der Waals surface area contributed by atoms with Gasteiger partial charge in [-0.1, -0.05) is 19.3 Å². The second kappa shape index (κ2) is 5.59. The van der Waals surface area contributed by atoms with E-state index in [1.54, 1.807) is 6.33 Å². The third-order valence-electron chi connectivity index (χ3n) is 4.22. The summed E-state index contributed by atoms with van der Waals surface area (Å²) in [5.74, 6) is 1.91. The number of nitrogens with one attached hydrogen (secondary N) is 1. The average molecular weight is 258 g/mol. The fourth-order valence-corrected chi connectivity index (χ4v) is 3.16. The van der Waals surface area contributed by atoms with Crippen molar-refractivity contribution < 1.29 is 0 Å². The number of fused-ring (bicyclic) bond motifs is 1. The van der Waals surface area contributed by atoms with Crippen molar-refractivity contribution in [3.63, 3.8) is 0 Å². The minimum atomic E-state index is 0.831. The SMILES string of the molecule is CCN(CC1CCCCC1)c1ncnc2[nH]ccc12. The number of H-pyrrole nitrogens is 1. The van der Waals surface area contributed by atoms with Crippen LogP contribution in [0.25, 0.3) is 11.0 Å². The Labute approximate surface area is 114 Å². The summed E-state index contributed by atoms with van der Waals surface area (Å²) in [7, 11) is 0. The molecule has 1 fully saturated rings. The first-order valence-electron chi connectivity index (χ1n) is 7.41. The maximum Gasteiger partial charge on any atom is 0.142 e. The van der Waals surface area contributed by atoms with Crippen LogP contribution in [0.5, 0.6) is 0 Å². The summed E-state index contributed by atoms with van der Waals surface area (Å²) < 4.78 is 0. The van der Waals surface area contributed by atoms with E-state index in [9.17, 15) is 0 Å². The summed E-state index contributed by atoms with van der Waals surface area (Å²) in [6, 6.07) is 2.08. The van der Waals surface area contributed by atoms with Gasteiger partial charge in [-0.3, -0.25) is 0 Å². The van der Waals surface area contributed by atoms with Crippen LogP contribution in [-0.2, 0) is 0 Å². The lowest BCUT2D eigenvalue weighted by Crippen LogP contribution is -2.31. The first kappa shape index (κ1) is 12.5. The van der Waals surface area contributed by atoms with Gasteiger partial charge in [0, 0.05) is 19.3 Å². The van der Waals surface area contributed by atoms with Crippen molar-refractivity contribution >= 4 is 16.9 Å². The Balaban J connectivity index is 1.82. The Hall–Kier alpha value is -1.58. The third kappa shape index (κ3) is 2.57. The molecule has 0 radical (unpaired) electrons. The van der Waals surface area contributed by atoms with Crippen LogP contribution in [-0.4, -0.2) is 28.0 Å². The normalized spacial score (nSPS) is 16.9. The molecule has 102 valence electrons. The summed E-state index contributed by atoms with van der Waals surface area (Å²) >= 11 is 0. The van der Waals surface area contributed by atoms with Gasteiger partial charge < -0.3 is 9.88 Å². The highest BCUT2D eigenvalue weighted by atomic mass is 15.2. The van der Waals surface area contributed by atoms with Crippen molar-refractivity contribution in [2.45, 2.75) is 39.0 Å². The van der Waals surface area contributed by atoms with E-state index in [-0.39, 0.29) is 0 Å². The van der Waals surface area contributed by atoms with Crippen molar-refractivity contribution in [2.24, 2.45) is 5.92 Å². The van der Waals surface area contributed by atoms with Gasteiger partial charge in [0.2, 0.25) is 0 Å². The minimum Gasteiger partial charge on any atom is -0.356 e. The lowest BCUT2D eigenvalue weighted by molar-refractivity contribution is 0.359. The molecular formula is C15H22N4. The quantitative estimate of drug-likeness (QED) is 0.914. The van der Waals surface area contributed by atoms with E-state index < -0.39 is 0 Å². The molecule has 0 aromatic carbocycles. The number of anilines is 1. The zero-order valence-corrected chi connectivity index (χ0v) is 11.6. The fraction of sp³-hybridized carbons (Fsp3) is 0.600. The molecule has 2 aromatic rings. The highest BCUT2D eigenvalue weighted by Crippen LogP contribution is 2.28. The summed E-state index contributed by atoms with van der Waals surface area (Å²) in [4.78, 5) is 14.4. The smallest absolute Gasteiger partial charge is 0.142 e. The number of aromatic nitrogens is 3. The summed E-state index contributed by atoms with van der Waals surface area (Å²) in [6.45, 7) is 4.35. The van der Waals surface area contributed by atoms with Crippen LogP contribution in [0.4, 0.5) is 5.82 Å². The molecule has 0 spiro atoms. The topological polar surface area (TPSA) is 44.8 Å². The van der Waals surface area contributed by atoms with Crippen LogP contribution in [0.1, 0.15) is 39.0 Å². The molecule has 0 aliphatic heterocycles. The number of hydrogen-bond donors (Lipinski definition) is 1. The van der Waals surface area contributed by atoms with Gasteiger partial charge in [0.1, 0.15) is 17.8 Å². The zero-order chi connectivity index (χ0) is 13.1. The van der Waals surface area contributed by atoms with Gasteiger partial charge in [-0.25, -0.2) is 9.97 Å². The molecule has 2 aromatic heterocycles. The maximum atomic E-state index is 4.51. The van der Waals surface area contributed by atoms with Crippen LogP contribution < -0.4 is 4.90 Å². The van der Waals surface area contributed by atoms with E-state index in [4.69, 9.17) is 0 Å². The number of hydrogen-bond acceptors (Lipinski definition) is 3. The Bertz CT molecular complexity index is 528. The van der Waals surface area contributed by atoms with E-state index in [0.717, 1.165) is 35.9 Å². The van der Waals surface area contributed by atoms with Crippen molar-refractivity contribution in [3.05, 3.63) is 18.6 Å². The fourth-order valence-electron chi connectivity index (χ4n) is 3.16. The van der Waals surface area contributed by atoms with Crippen LogP contribution in [0.15, 0.2) is 18.6 Å². The zero-order valence-electron chi connectivity index (χ0n) is 11.6. The number of aromatic amines is 1. The Morgan fingerprint density at radius 1 is 1.26 bits per heavy atom. The molecule has 1 aliphatic carbocycles. The van der Waals surface area contributed by atoms with Gasteiger partial charge in [-0.05, 0) is 31.7 Å². The summed E-state index contributed by atoms with van der Waals surface area (Å²) in [6.07, 6.45) is 10.6. The van der Waals surface area contributed by atoms with Crippen molar-refractivity contribution in [1.82, 2.24) is 15.0 Å². The molecule has 4 nitrogen and oxygen atoms in total. The first-order chi connectivity index (χ1) is 9.38. The molecule has 0 saturated heterocycles. The number of rotatable bonds is 4. The van der Waals surface area contributed by atoms with Gasteiger partial charge in [0.15, 0.2) is 0 Å². The molecule has 0 atom stereocenters. The van der Waals surface area contributed by atoms with Gasteiger partial charge in [0.05, 0.1) is 5.39 Å². The molecule has 0 unspecified atom stereocenters. The molecule has 4 heteroatoms. The molecule has 2 heterocycles. The monoisotopic (exact) mass is 258 g/mol. The van der Waals surface area contributed by atoms with Gasteiger partial charge in [-0.2, -0.15) is 0 Å². The van der Waals surface area contributed by atoms with Crippen molar-refractivity contribution in [2.75, 3.05) is 18.0 Å². The van der Waals surface area contributed by atoms with Crippen LogP contribution in [0, 0.1) is 5.92 Å². The van der Waals surface area contributed by atoms with Crippen LogP contribution in [0.2, 0.25) is 0 Å². The highest BCUT2D eigenvalue weighted by Gasteiger charge is 2.19. The van der Waals surface area contributed by atoms with E-state index in [2.05, 4.69) is 32.8 Å². The molecule has 0 amide bonds. The molecular weight excluding hydrogens is 236 g/mol. The molecule has 0 bridgehead atoms. The highest BCUT2D eigenvalue weighted by molar-refractivity contribution is 5.87. The van der Waals surface area contributed by atoms with Gasteiger partial charge in [-0.15, -0.1) is 0 Å². The predicted molar refractivity (Wildman–Crippen MR) is 78.4 cm³/mol. The second-order valence-electron chi connectivity index (χ2n) is 5.48. The van der Waals surface area contributed by atoms with E-state index in [0.29, 0.717) is 0 Å². The molecule has 1 saturated carbocycles. The molecule has 1 N–H and O–H groups in total. The van der Waals surface area contributed by atoms with Gasteiger partial charge in [0.25, 0.3) is 0 Å². The van der Waals surface area contributed by atoms with Crippen molar-refractivity contribution in [3.8, 4) is 0 Å². The predicted octanol–water partition coefficient (Wildman–Crippen LogP) is 3.36. The molecule has 19 heavy (non-hydrogen) atoms. The lowest BCUT2D eigenvalue weighted by atomic mass is 9.89. The Morgan fingerprint density at radius 2 is 2.11 bits per heavy atom. The van der Waals surface area contributed by atoms with Crippen molar-refractivity contribution in [1.29, 1.82) is 0 Å². The molecule has 1 aliphatic rings. The Morgan fingerprint density at radius 3 is 2.89 bits per heavy atom. The van der Waals surface area contributed by atoms with Gasteiger partial charge >= 0.3 is 0 Å². The number of nitrogens with zero attached hydrogens (tertiary/aromatic N) is 3. The second-order valence-corrected chi connectivity index (χ2v) is 5.48. The average Bonchev–Trinajstić information content (AvgIpc) is 2.94. The van der Waals surface area contributed by atoms with E-state index in [1.165, 1.54) is 32.1 Å². The standard InChI is InChI=1S/C15H22N4/c1-2-19(10-12-6-4-3-5-7-12)15-13-8-9-16-14(13)17-11-18-15/h8-9,11-12H,2-7,10H2,1H3,(H,16,17,18). The summed E-state index contributed by atoms with van der Waals surface area (Å²) in [5.41, 5.74) is 0.937. The Kier molecular flexibility index (Phi) is 3.67. The summed E-state index contributed by atoms with van der Waals surface area (Å²) in [5, 5.41) is 1.14. The van der Waals surface area contributed by atoms with Crippen LogP contribution >= 0.6 is 0 Å². The van der Waals surface area contributed by atoms with E-state index in [1.807, 2.05) is 6.20 Å². The third-order valence-corrected chi connectivity index (χ3v) is 4.22. The minimum absolute atomic E-state index is 0.831. The first-order valence-corrected chi connectivity index (χ1v) is 7.41. The maximum absolute atomic E-state index is 4.51.